The Hall–Kier alpha value is -0.140. The number of hydrogen-bond acceptors (Lipinski definition) is 3. The number of halogens is 2. The van der Waals surface area contributed by atoms with Crippen LogP contribution in [-0.2, 0) is 10.0 Å². The van der Waals surface area contributed by atoms with Crippen molar-refractivity contribution in [1.29, 1.82) is 0 Å². The molecular formula is C10H11BrClNO3S. The van der Waals surface area contributed by atoms with Crippen molar-refractivity contribution in [2.24, 2.45) is 0 Å². The number of sulfonamides is 1. The van der Waals surface area contributed by atoms with E-state index in [1.165, 1.54) is 10.4 Å². The normalized spacial score (nSPS) is 20.0. The first-order valence-corrected chi connectivity index (χ1v) is 7.52. The molecular weight excluding hydrogens is 330 g/mol. The van der Waals surface area contributed by atoms with Crippen LogP contribution >= 0.6 is 27.5 Å². The Bertz CT molecular complexity index is 530. The summed E-state index contributed by atoms with van der Waals surface area (Å²) in [5, 5.41) is 9.75. The van der Waals surface area contributed by atoms with Crippen molar-refractivity contribution in [2.75, 3.05) is 13.1 Å². The second-order valence-corrected chi connectivity index (χ2v) is 7.46. The Labute approximate surface area is 113 Å². The molecule has 0 amide bonds. The fraction of sp³-hybridized carbons (Fsp3) is 0.400. The fourth-order valence-electron chi connectivity index (χ4n) is 1.74. The van der Waals surface area contributed by atoms with Gasteiger partial charge in [0, 0.05) is 17.6 Å². The molecule has 0 radical (unpaired) electrons. The van der Waals surface area contributed by atoms with Crippen LogP contribution in [0.15, 0.2) is 27.6 Å². The summed E-state index contributed by atoms with van der Waals surface area (Å²) in [5.41, 5.74) is -0.944. The maximum Gasteiger partial charge on any atom is 0.245 e. The van der Waals surface area contributed by atoms with Crippen LogP contribution in [0.4, 0.5) is 0 Å². The first kappa shape index (κ1) is 13.3. The average Bonchev–Trinajstić information content (AvgIpc) is 2.13. The van der Waals surface area contributed by atoms with Crippen molar-refractivity contribution in [2.45, 2.75) is 17.4 Å². The van der Waals surface area contributed by atoms with Gasteiger partial charge in [-0.05, 0) is 35.0 Å². The van der Waals surface area contributed by atoms with Gasteiger partial charge in [-0.15, -0.1) is 0 Å². The number of aliphatic hydroxyl groups is 1. The molecule has 17 heavy (non-hydrogen) atoms. The minimum absolute atomic E-state index is 0.0529. The fourth-order valence-corrected chi connectivity index (χ4v) is 5.09. The lowest BCUT2D eigenvalue weighted by atomic mass is 10.0. The third-order valence-electron chi connectivity index (χ3n) is 2.55. The molecule has 1 aromatic rings. The highest BCUT2D eigenvalue weighted by Gasteiger charge is 2.44. The molecule has 0 unspecified atom stereocenters. The Morgan fingerprint density at radius 1 is 1.47 bits per heavy atom. The van der Waals surface area contributed by atoms with Gasteiger partial charge in [-0.25, -0.2) is 8.42 Å². The SMILES string of the molecule is CC1(O)CN(S(=O)(=O)c2c(Cl)cccc2Br)C1. The maximum absolute atomic E-state index is 12.2. The zero-order valence-electron chi connectivity index (χ0n) is 9.02. The Kier molecular flexibility index (Phi) is 3.29. The molecule has 0 saturated carbocycles. The van der Waals surface area contributed by atoms with E-state index in [2.05, 4.69) is 15.9 Å². The summed E-state index contributed by atoms with van der Waals surface area (Å²) < 4.78 is 26.1. The lowest BCUT2D eigenvalue weighted by molar-refractivity contribution is -0.0426. The minimum atomic E-state index is -3.64. The summed E-state index contributed by atoms with van der Waals surface area (Å²) in [7, 11) is -3.64. The predicted molar refractivity (Wildman–Crippen MR) is 68.5 cm³/mol. The smallest absolute Gasteiger partial charge is 0.245 e. The lowest BCUT2D eigenvalue weighted by Gasteiger charge is -2.43. The zero-order chi connectivity index (χ0) is 12.8. The topological polar surface area (TPSA) is 57.6 Å². The van der Waals surface area contributed by atoms with Gasteiger partial charge in [0.25, 0.3) is 0 Å². The van der Waals surface area contributed by atoms with Gasteiger partial charge in [-0.3, -0.25) is 0 Å². The number of hydrogen-bond donors (Lipinski definition) is 1. The molecule has 1 fully saturated rings. The van der Waals surface area contributed by atoms with Gasteiger partial charge in [-0.2, -0.15) is 4.31 Å². The summed E-state index contributed by atoms with van der Waals surface area (Å²) in [6.45, 7) is 1.78. The standard InChI is InChI=1S/C10H11BrClNO3S/c1-10(14)5-13(6-10)17(15,16)9-7(11)3-2-4-8(9)12/h2-4,14H,5-6H2,1H3. The van der Waals surface area contributed by atoms with Crippen LogP contribution in [0.2, 0.25) is 5.02 Å². The number of benzene rings is 1. The monoisotopic (exact) mass is 339 g/mol. The summed E-state index contributed by atoms with van der Waals surface area (Å²) >= 11 is 9.09. The number of nitrogens with zero attached hydrogens (tertiary/aromatic N) is 1. The van der Waals surface area contributed by atoms with Crippen LogP contribution in [-0.4, -0.2) is 36.5 Å². The van der Waals surface area contributed by atoms with Crippen molar-refractivity contribution in [1.82, 2.24) is 4.31 Å². The quantitative estimate of drug-likeness (QED) is 0.894. The van der Waals surface area contributed by atoms with Crippen molar-refractivity contribution in [3.8, 4) is 0 Å². The molecule has 1 aromatic carbocycles. The summed E-state index contributed by atoms with van der Waals surface area (Å²) in [4.78, 5) is 0.0529. The van der Waals surface area contributed by atoms with Crippen LogP contribution in [0.25, 0.3) is 0 Å². The summed E-state index contributed by atoms with van der Waals surface area (Å²) in [6.07, 6.45) is 0. The molecule has 0 spiro atoms. The van der Waals surface area contributed by atoms with E-state index in [1.54, 1.807) is 19.1 Å². The zero-order valence-corrected chi connectivity index (χ0v) is 12.2. The molecule has 0 aliphatic carbocycles. The molecule has 7 heteroatoms. The highest BCUT2D eigenvalue weighted by molar-refractivity contribution is 9.10. The van der Waals surface area contributed by atoms with Gasteiger partial charge >= 0.3 is 0 Å². The maximum atomic E-state index is 12.2. The molecule has 94 valence electrons. The lowest BCUT2D eigenvalue weighted by Crippen LogP contribution is -2.61. The van der Waals surface area contributed by atoms with Crippen LogP contribution in [0.3, 0.4) is 0 Å². The van der Waals surface area contributed by atoms with Gasteiger partial charge in [0.1, 0.15) is 4.90 Å². The molecule has 1 N–H and O–H groups in total. The molecule has 1 aliphatic heterocycles. The van der Waals surface area contributed by atoms with E-state index in [-0.39, 0.29) is 23.0 Å². The van der Waals surface area contributed by atoms with Gasteiger partial charge in [-0.1, -0.05) is 17.7 Å². The van der Waals surface area contributed by atoms with E-state index >= 15 is 0 Å². The molecule has 0 aromatic heterocycles. The van der Waals surface area contributed by atoms with Crippen LogP contribution in [0.5, 0.6) is 0 Å². The van der Waals surface area contributed by atoms with E-state index in [4.69, 9.17) is 11.6 Å². The van der Waals surface area contributed by atoms with E-state index in [1.807, 2.05) is 0 Å². The van der Waals surface area contributed by atoms with E-state index < -0.39 is 15.6 Å². The Balaban J connectivity index is 2.40. The molecule has 0 bridgehead atoms. The minimum Gasteiger partial charge on any atom is -0.387 e. The van der Waals surface area contributed by atoms with Crippen molar-refractivity contribution >= 4 is 37.6 Å². The summed E-state index contributed by atoms with van der Waals surface area (Å²) in [6, 6.07) is 4.81. The molecule has 4 nitrogen and oxygen atoms in total. The van der Waals surface area contributed by atoms with E-state index in [0.29, 0.717) is 4.47 Å². The number of rotatable bonds is 2. The van der Waals surface area contributed by atoms with Crippen LogP contribution in [0, 0.1) is 0 Å². The van der Waals surface area contributed by atoms with E-state index in [9.17, 15) is 13.5 Å². The Morgan fingerprint density at radius 3 is 2.53 bits per heavy atom. The van der Waals surface area contributed by atoms with Gasteiger partial charge in [0.15, 0.2) is 0 Å². The Morgan fingerprint density at radius 2 is 2.06 bits per heavy atom. The molecule has 2 rings (SSSR count). The van der Waals surface area contributed by atoms with Gasteiger partial charge in [0.2, 0.25) is 10.0 Å². The van der Waals surface area contributed by atoms with Gasteiger partial charge in [0.05, 0.1) is 10.6 Å². The van der Waals surface area contributed by atoms with Crippen LogP contribution in [0.1, 0.15) is 6.92 Å². The average molecular weight is 341 g/mol. The largest absolute Gasteiger partial charge is 0.387 e. The third kappa shape index (κ3) is 2.37. The third-order valence-corrected chi connectivity index (χ3v) is 5.79. The molecule has 0 atom stereocenters. The van der Waals surface area contributed by atoms with Crippen molar-refractivity contribution in [3.63, 3.8) is 0 Å². The molecule has 1 heterocycles. The van der Waals surface area contributed by atoms with Crippen molar-refractivity contribution in [3.05, 3.63) is 27.7 Å². The second-order valence-electron chi connectivity index (χ2n) is 4.32. The van der Waals surface area contributed by atoms with E-state index in [0.717, 1.165) is 0 Å². The molecule has 1 saturated heterocycles. The predicted octanol–water partition coefficient (Wildman–Crippen LogP) is 1.86. The highest BCUT2D eigenvalue weighted by atomic mass is 79.9. The first-order chi connectivity index (χ1) is 7.74. The van der Waals surface area contributed by atoms with Crippen LogP contribution < -0.4 is 0 Å². The van der Waals surface area contributed by atoms with Crippen molar-refractivity contribution < 1.29 is 13.5 Å². The second kappa shape index (κ2) is 4.20. The summed E-state index contributed by atoms with van der Waals surface area (Å²) in [5.74, 6) is 0. The molecule has 1 aliphatic rings. The first-order valence-electron chi connectivity index (χ1n) is 4.91. The van der Waals surface area contributed by atoms with Gasteiger partial charge < -0.3 is 5.11 Å². The highest BCUT2D eigenvalue weighted by Crippen LogP contribution is 2.35. The number of β-amino-alcohol motifs (C(OH)–C–C–N with tert-alkyl or cyclic N) is 1.